The van der Waals surface area contributed by atoms with E-state index >= 15 is 0 Å². The first-order valence-corrected chi connectivity index (χ1v) is 10.6. The number of carbonyl (C=O) groups excluding carboxylic acids is 1. The highest BCUT2D eigenvalue weighted by Crippen LogP contribution is 2.28. The lowest BCUT2D eigenvalue weighted by molar-refractivity contribution is -0.192. The Morgan fingerprint density at radius 3 is 2.67 bits per heavy atom. The van der Waals surface area contributed by atoms with Gasteiger partial charge in [0.2, 0.25) is 11.9 Å². The first kappa shape index (κ1) is 26.2. The van der Waals surface area contributed by atoms with E-state index in [0.717, 1.165) is 16.9 Å². The highest BCUT2D eigenvalue weighted by molar-refractivity contribution is 9.10. The van der Waals surface area contributed by atoms with Crippen molar-refractivity contribution >= 4 is 56.6 Å². The number of fused-ring (bicyclic) bond motifs is 1. The van der Waals surface area contributed by atoms with Crippen molar-refractivity contribution in [2.24, 2.45) is 0 Å². The molecule has 0 fully saturated rings. The minimum absolute atomic E-state index is 0.0338. The van der Waals surface area contributed by atoms with Gasteiger partial charge in [0.25, 0.3) is 5.56 Å². The van der Waals surface area contributed by atoms with E-state index in [1.807, 2.05) is 24.3 Å². The van der Waals surface area contributed by atoms with Crippen LogP contribution < -0.4 is 21.5 Å². The molecule has 0 radical (unpaired) electrons. The van der Waals surface area contributed by atoms with Crippen LogP contribution in [0.5, 0.6) is 0 Å². The summed E-state index contributed by atoms with van der Waals surface area (Å²) < 4.78 is 33.6. The summed E-state index contributed by atoms with van der Waals surface area (Å²) in [6.07, 6.45) is -1.64. The number of hydrogen-bond acceptors (Lipinski definition) is 8. The number of nitriles is 1. The number of carbonyl (C=O) groups is 2. The second kappa shape index (κ2) is 10.9. The number of rotatable bonds is 5. The van der Waals surface area contributed by atoms with Gasteiger partial charge in [0, 0.05) is 23.8 Å². The Hall–Kier alpha value is -4.45. The molecule has 1 aliphatic heterocycles. The number of aromatic nitrogens is 3. The molecule has 1 aromatic carbocycles. The number of pyridine rings is 1. The van der Waals surface area contributed by atoms with Crippen LogP contribution in [0.4, 0.5) is 42.0 Å². The van der Waals surface area contributed by atoms with Crippen LogP contribution in [-0.2, 0) is 22.6 Å². The Bertz CT molecular complexity index is 1420. The van der Waals surface area contributed by atoms with Gasteiger partial charge in [-0.3, -0.25) is 14.2 Å². The number of hydrogen-bond donors (Lipinski definition) is 4. The monoisotopic (exact) mass is 565 g/mol. The van der Waals surface area contributed by atoms with Crippen molar-refractivity contribution in [1.82, 2.24) is 14.5 Å². The van der Waals surface area contributed by atoms with Crippen molar-refractivity contribution in [3.8, 4) is 6.07 Å². The van der Waals surface area contributed by atoms with E-state index in [9.17, 15) is 22.8 Å². The van der Waals surface area contributed by atoms with E-state index < -0.39 is 12.1 Å². The normalized spacial score (nSPS) is 11.9. The van der Waals surface area contributed by atoms with Crippen molar-refractivity contribution in [3.63, 3.8) is 0 Å². The smallest absolute Gasteiger partial charge is 0.475 e. The number of alkyl halides is 3. The quantitative estimate of drug-likeness (QED) is 0.362. The molecule has 3 heterocycles. The predicted octanol–water partition coefficient (Wildman–Crippen LogP) is 3.54. The zero-order valence-corrected chi connectivity index (χ0v) is 19.5. The summed E-state index contributed by atoms with van der Waals surface area (Å²) in [5, 5.41) is 24.8. The van der Waals surface area contributed by atoms with Crippen LogP contribution in [0.1, 0.15) is 5.56 Å². The van der Waals surface area contributed by atoms with Gasteiger partial charge in [-0.2, -0.15) is 23.4 Å². The van der Waals surface area contributed by atoms with Crippen LogP contribution in [0.3, 0.4) is 0 Å². The zero-order valence-electron chi connectivity index (χ0n) is 17.9. The zero-order chi connectivity index (χ0) is 26.5. The molecule has 2 aromatic heterocycles. The van der Waals surface area contributed by atoms with Crippen LogP contribution in [0.2, 0.25) is 0 Å². The highest BCUT2D eigenvalue weighted by atomic mass is 79.9. The number of aliphatic carboxylic acids is 1. The van der Waals surface area contributed by atoms with Gasteiger partial charge >= 0.3 is 12.1 Å². The third-order valence-electron chi connectivity index (χ3n) is 4.49. The molecule has 0 bridgehead atoms. The van der Waals surface area contributed by atoms with E-state index in [1.54, 1.807) is 24.5 Å². The number of halogens is 4. The van der Waals surface area contributed by atoms with Crippen LogP contribution in [-0.4, -0.2) is 37.7 Å². The second-order valence-corrected chi connectivity index (χ2v) is 7.91. The van der Waals surface area contributed by atoms with Crippen LogP contribution in [0.25, 0.3) is 0 Å². The van der Waals surface area contributed by atoms with Gasteiger partial charge in [-0.25, -0.2) is 9.78 Å². The van der Waals surface area contributed by atoms with Crippen molar-refractivity contribution in [2.75, 3.05) is 16.0 Å². The van der Waals surface area contributed by atoms with Gasteiger partial charge in [0.05, 0.1) is 17.0 Å². The molecule has 0 unspecified atom stereocenters. The van der Waals surface area contributed by atoms with Gasteiger partial charge in [-0.05, 0) is 51.8 Å². The molecule has 1 aliphatic rings. The fourth-order valence-electron chi connectivity index (χ4n) is 2.91. The highest BCUT2D eigenvalue weighted by Gasteiger charge is 2.38. The average Bonchev–Trinajstić information content (AvgIpc) is 3.18. The molecule has 11 nitrogen and oxygen atoms in total. The minimum Gasteiger partial charge on any atom is -0.475 e. The molecular formula is C21H15BrF3N7O4. The number of anilines is 5. The fourth-order valence-corrected chi connectivity index (χ4v) is 3.20. The number of amides is 1. The topological polar surface area (TPSA) is 162 Å². The Kier molecular flexibility index (Phi) is 7.90. The van der Waals surface area contributed by atoms with Gasteiger partial charge < -0.3 is 21.1 Å². The van der Waals surface area contributed by atoms with Crippen molar-refractivity contribution in [3.05, 3.63) is 63.1 Å². The summed E-state index contributed by atoms with van der Waals surface area (Å²) in [5.74, 6) is -2.07. The third-order valence-corrected chi connectivity index (χ3v) is 5.07. The Morgan fingerprint density at radius 2 is 2.00 bits per heavy atom. The van der Waals surface area contributed by atoms with Crippen LogP contribution >= 0.6 is 15.9 Å². The lowest BCUT2D eigenvalue weighted by Crippen LogP contribution is -2.21. The summed E-state index contributed by atoms with van der Waals surface area (Å²) in [4.78, 5) is 41.5. The molecule has 0 spiro atoms. The number of nitrogens with zero attached hydrogens (tertiary/aromatic N) is 4. The molecule has 0 saturated carbocycles. The lowest BCUT2D eigenvalue weighted by Gasteiger charge is -2.11. The standard InChI is InChI=1S/C19H14BrN7O2.C2HF3O2/c20-13-10-22-19(23-12-3-4-14-11(8-12)9-16(28)24-14)26-17(13)25-15-2-1-6-27(7-5-21)18(15)29;3-2(4,5)1(6)7/h1-4,6,8,10H,7,9H2,(H,24,28)(H2,22,23,25,26);(H,6,7). The summed E-state index contributed by atoms with van der Waals surface area (Å²) in [6, 6.07) is 10.7. The van der Waals surface area contributed by atoms with Gasteiger partial charge in [-0.15, -0.1) is 0 Å². The van der Waals surface area contributed by atoms with E-state index in [4.69, 9.17) is 15.2 Å². The molecule has 4 rings (SSSR count). The predicted molar refractivity (Wildman–Crippen MR) is 125 cm³/mol. The Labute approximate surface area is 208 Å². The number of carboxylic acid groups (broad SMARTS) is 1. The van der Waals surface area contributed by atoms with E-state index in [0.29, 0.717) is 22.7 Å². The second-order valence-electron chi connectivity index (χ2n) is 7.05. The Balaban J connectivity index is 0.000000454. The lowest BCUT2D eigenvalue weighted by atomic mass is 10.1. The summed E-state index contributed by atoms with van der Waals surface area (Å²) in [6.45, 7) is -0.0399. The molecule has 4 N–H and O–H groups in total. The maximum Gasteiger partial charge on any atom is 0.490 e. The molecule has 3 aromatic rings. The summed E-state index contributed by atoms with van der Waals surface area (Å²) in [5.41, 5.74) is 2.40. The van der Waals surface area contributed by atoms with Gasteiger partial charge in [-0.1, -0.05) is 0 Å². The van der Waals surface area contributed by atoms with Crippen LogP contribution in [0, 0.1) is 11.3 Å². The first-order valence-electron chi connectivity index (χ1n) is 9.84. The molecule has 1 amide bonds. The molecule has 0 saturated heterocycles. The van der Waals surface area contributed by atoms with Crippen molar-refractivity contribution in [2.45, 2.75) is 19.1 Å². The van der Waals surface area contributed by atoms with Crippen molar-refractivity contribution in [1.29, 1.82) is 5.26 Å². The Morgan fingerprint density at radius 1 is 1.28 bits per heavy atom. The van der Waals surface area contributed by atoms with Gasteiger partial charge in [0.15, 0.2) is 5.82 Å². The molecule has 0 atom stereocenters. The third kappa shape index (κ3) is 6.57. The maximum absolute atomic E-state index is 12.4. The van der Waals surface area contributed by atoms with Crippen LogP contribution in [0.15, 0.2) is 52.0 Å². The SMILES string of the molecule is N#CCn1cccc(Nc2nc(Nc3ccc4c(c3)CC(=O)N4)ncc2Br)c1=O.O=C(O)C(F)(F)F. The fraction of sp³-hybridized carbons (Fsp3) is 0.143. The molecule has 36 heavy (non-hydrogen) atoms. The van der Waals surface area contributed by atoms with E-state index in [1.165, 1.54) is 4.57 Å². The number of benzene rings is 1. The van der Waals surface area contributed by atoms with Crippen molar-refractivity contribution < 1.29 is 27.9 Å². The largest absolute Gasteiger partial charge is 0.490 e. The number of nitrogens with one attached hydrogen (secondary N) is 3. The summed E-state index contributed by atoms with van der Waals surface area (Å²) in [7, 11) is 0. The first-order chi connectivity index (χ1) is 17.0. The molecule has 186 valence electrons. The molecular weight excluding hydrogens is 551 g/mol. The summed E-state index contributed by atoms with van der Waals surface area (Å²) >= 11 is 3.37. The number of carboxylic acids is 1. The van der Waals surface area contributed by atoms with E-state index in [-0.39, 0.29) is 23.7 Å². The molecule has 15 heteroatoms. The minimum atomic E-state index is -5.08. The maximum atomic E-state index is 12.4. The van der Waals surface area contributed by atoms with Gasteiger partial charge in [0.1, 0.15) is 12.2 Å². The van der Waals surface area contributed by atoms with E-state index in [2.05, 4.69) is 41.8 Å². The molecule has 0 aliphatic carbocycles. The average molecular weight is 566 g/mol.